The Kier molecular flexibility index (Phi) is 5.74. The van der Waals surface area contributed by atoms with Crippen LogP contribution in [0.2, 0.25) is 0 Å². The smallest absolute Gasteiger partial charge is 0.212 e. The number of rotatable bonds is 6. The maximum absolute atomic E-state index is 12.9. The summed E-state index contributed by atoms with van der Waals surface area (Å²) in [6, 6.07) is 8.97. The highest BCUT2D eigenvalue weighted by Crippen LogP contribution is 2.43. The molecule has 0 saturated heterocycles. The summed E-state index contributed by atoms with van der Waals surface area (Å²) < 4.78 is 11.5. The molecule has 0 aliphatic rings. The molecule has 0 saturated carbocycles. The third-order valence-electron chi connectivity index (χ3n) is 3.92. The molecule has 0 atom stereocenters. The molecule has 1 aromatic heterocycles. The third-order valence-corrected chi connectivity index (χ3v) is 4.42. The van der Waals surface area contributed by atoms with Gasteiger partial charge in [-0.05, 0) is 29.0 Å². The normalized spacial score (nSPS) is 11.0. The number of carbonyl (C=O) groups is 1. The minimum Gasteiger partial charge on any atom is -0.506 e. The molecule has 2 aromatic carbocycles. The zero-order chi connectivity index (χ0) is 20.3. The van der Waals surface area contributed by atoms with Crippen LogP contribution < -0.4 is 9.47 Å². The lowest BCUT2D eigenvalue weighted by atomic mass is 10.0. The van der Waals surface area contributed by atoms with Gasteiger partial charge in [-0.25, -0.2) is 0 Å². The van der Waals surface area contributed by atoms with Crippen molar-refractivity contribution in [3.05, 3.63) is 52.0 Å². The minimum atomic E-state index is -0.442. The fourth-order valence-electron chi connectivity index (χ4n) is 2.65. The van der Waals surface area contributed by atoms with Crippen LogP contribution in [0, 0.1) is 0 Å². The monoisotopic (exact) mass is 444 g/mol. The van der Waals surface area contributed by atoms with Crippen molar-refractivity contribution in [2.45, 2.75) is 0 Å². The molecule has 0 aliphatic carbocycles. The molecule has 1 N–H and O–H groups in total. The highest BCUT2D eigenvalue weighted by atomic mass is 79.9. The Morgan fingerprint density at radius 2 is 1.96 bits per heavy atom. The van der Waals surface area contributed by atoms with Crippen LogP contribution in [-0.2, 0) is 7.05 Å². The first-order chi connectivity index (χ1) is 13.4. The van der Waals surface area contributed by atoms with Crippen LogP contribution >= 0.6 is 15.9 Å². The first kappa shape index (κ1) is 19.6. The van der Waals surface area contributed by atoms with Crippen LogP contribution in [0.1, 0.15) is 15.9 Å². The van der Waals surface area contributed by atoms with Gasteiger partial charge in [-0.3, -0.25) is 4.79 Å². The van der Waals surface area contributed by atoms with Gasteiger partial charge in [-0.2, -0.15) is 4.80 Å². The number of methoxy groups -OCH3 is 2. The second-order valence-electron chi connectivity index (χ2n) is 5.73. The van der Waals surface area contributed by atoms with Crippen molar-refractivity contribution in [1.29, 1.82) is 0 Å². The van der Waals surface area contributed by atoms with E-state index in [1.54, 1.807) is 13.1 Å². The van der Waals surface area contributed by atoms with Gasteiger partial charge in [-0.1, -0.05) is 34.1 Å². The Bertz CT molecular complexity index is 1060. The number of aromatic hydroxyl groups is 1. The van der Waals surface area contributed by atoms with E-state index in [1.807, 2.05) is 24.3 Å². The number of benzene rings is 2. The van der Waals surface area contributed by atoms with Crippen molar-refractivity contribution in [2.24, 2.45) is 7.05 Å². The number of halogens is 1. The predicted octanol–water partition coefficient (Wildman–Crippen LogP) is 3.26. The molecule has 144 valence electrons. The fraction of sp³-hybridized carbons (Fsp3) is 0.158. The Morgan fingerprint density at radius 3 is 2.57 bits per heavy atom. The molecule has 28 heavy (non-hydrogen) atoms. The van der Waals surface area contributed by atoms with Gasteiger partial charge in [0.2, 0.25) is 5.82 Å². The molecule has 0 fully saturated rings. The van der Waals surface area contributed by atoms with Crippen LogP contribution in [0.25, 0.3) is 17.5 Å². The third kappa shape index (κ3) is 3.89. The number of aryl methyl sites for hydroxylation is 1. The number of phenols is 1. The number of carbonyl (C=O) groups excluding carboxylic acids is 1. The van der Waals surface area contributed by atoms with E-state index in [1.165, 1.54) is 31.2 Å². The lowest BCUT2D eigenvalue weighted by Crippen LogP contribution is -2.03. The summed E-state index contributed by atoms with van der Waals surface area (Å²) in [7, 11) is 4.43. The van der Waals surface area contributed by atoms with Crippen molar-refractivity contribution < 1.29 is 19.4 Å². The predicted molar refractivity (Wildman–Crippen MR) is 107 cm³/mol. The highest BCUT2D eigenvalue weighted by molar-refractivity contribution is 9.10. The Balaban J connectivity index is 2.10. The van der Waals surface area contributed by atoms with Gasteiger partial charge in [0.05, 0.1) is 21.3 Å². The Hall–Kier alpha value is -3.20. The molecule has 0 aliphatic heterocycles. The van der Waals surface area contributed by atoms with Crippen molar-refractivity contribution in [3.8, 4) is 28.6 Å². The van der Waals surface area contributed by atoms with E-state index in [2.05, 4.69) is 31.3 Å². The van der Waals surface area contributed by atoms with Gasteiger partial charge < -0.3 is 14.6 Å². The Morgan fingerprint density at radius 1 is 1.21 bits per heavy atom. The van der Waals surface area contributed by atoms with Crippen LogP contribution in [-0.4, -0.2) is 45.3 Å². The molecule has 3 rings (SSSR count). The molecule has 0 unspecified atom stereocenters. The molecule has 3 aromatic rings. The zero-order valence-corrected chi connectivity index (χ0v) is 17.0. The summed E-state index contributed by atoms with van der Waals surface area (Å²) in [5.74, 6) is -0.222. The molecule has 0 amide bonds. The number of tetrazole rings is 1. The van der Waals surface area contributed by atoms with E-state index >= 15 is 0 Å². The minimum absolute atomic E-state index is 0.0167. The molecular formula is C19H17BrN4O4. The number of ketones is 1. The summed E-state index contributed by atoms with van der Waals surface area (Å²) in [6.45, 7) is 0. The second-order valence-corrected chi connectivity index (χ2v) is 6.65. The number of phenolic OH excluding ortho intramolecular Hbond substituents is 1. The average molecular weight is 445 g/mol. The number of hydrogen-bond donors (Lipinski definition) is 1. The van der Waals surface area contributed by atoms with Crippen LogP contribution in [0.3, 0.4) is 0 Å². The molecule has 0 bridgehead atoms. The van der Waals surface area contributed by atoms with Crippen LogP contribution in [0.5, 0.6) is 17.2 Å². The molecular weight excluding hydrogens is 428 g/mol. The number of hydrogen-bond acceptors (Lipinski definition) is 7. The summed E-state index contributed by atoms with van der Waals surface area (Å²) in [5.41, 5.74) is 0.970. The van der Waals surface area contributed by atoms with Crippen molar-refractivity contribution in [3.63, 3.8) is 0 Å². The number of allylic oxidation sites excluding steroid dienone is 1. The first-order valence-electron chi connectivity index (χ1n) is 8.15. The van der Waals surface area contributed by atoms with Crippen molar-refractivity contribution in [1.82, 2.24) is 20.2 Å². The van der Waals surface area contributed by atoms with E-state index in [0.29, 0.717) is 0 Å². The fourth-order valence-corrected chi connectivity index (χ4v) is 3.06. The van der Waals surface area contributed by atoms with Gasteiger partial charge >= 0.3 is 0 Å². The van der Waals surface area contributed by atoms with E-state index in [-0.39, 0.29) is 34.2 Å². The average Bonchev–Trinajstić information content (AvgIpc) is 3.10. The summed E-state index contributed by atoms with van der Waals surface area (Å²) in [6.07, 6.45) is 3.01. The molecule has 0 radical (unpaired) electrons. The number of ether oxygens (including phenoxy) is 2. The lowest BCUT2D eigenvalue weighted by Gasteiger charge is -2.14. The summed E-state index contributed by atoms with van der Waals surface area (Å²) in [5, 5.41) is 22.6. The quantitative estimate of drug-likeness (QED) is 0.459. The van der Waals surface area contributed by atoms with Gasteiger partial charge in [0, 0.05) is 10.5 Å². The zero-order valence-electron chi connectivity index (χ0n) is 15.4. The first-order valence-corrected chi connectivity index (χ1v) is 8.94. The van der Waals surface area contributed by atoms with Crippen LogP contribution in [0.15, 0.2) is 40.9 Å². The van der Waals surface area contributed by atoms with E-state index in [4.69, 9.17) is 9.47 Å². The van der Waals surface area contributed by atoms with Crippen molar-refractivity contribution >= 4 is 27.8 Å². The standard InChI is InChI=1S/C19H17BrN4O4/c1-24-22-19(21-23-24)17-15(28-3)10-14(27-2)16(18(17)26)13(25)8-7-11-5-4-6-12(20)9-11/h4-10,26H,1-3H3. The SMILES string of the molecule is COc1cc(OC)c(-c2nnn(C)n2)c(O)c1C(=O)C=Cc1cccc(Br)c1. The highest BCUT2D eigenvalue weighted by Gasteiger charge is 2.26. The molecule has 1 heterocycles. The second kappa shape index (κ2) is 8.22. The maximum atomic E-state index is 12.9. The lowest BCUT2D eigenvalue weighted by molar-refractivity contribution is 0.104. The van der Waals surface area contributed by atoms with E-state index < -0.39 is 5.78 Å². The van der Waals surface area contributed by atoms with Gasteiger partial charge in [0.15, 0.2) is 5.78 Å². The Labute approximate surface area is 169 Å². The molecule has 8 nitrogen and oxygen atoms in total. The van der Waals surface area contributed by atoms with Gasteiger partial charge in [-0.15, -0.1) is 10.2 Å². The van der Waals surface area contributed by atoms with E-state index in [9.17, 15) is 9.90 Å². The number of aromatic nitrogens is 4. The number of nitrogens with zero attached hydrogens (tertiary/aromatic N) is 4. The maximum Gasteiger partial charge on any atom is 0.212 e. The van der Waals surface area contributed by atoms with Gasteiger partial charge in [0.25, 0.3) is 0 Å². The van der Waals surface area contributed by atoms with Crippen LogP contribution in [0.4, 0.5) is 0 Å². The van der Waals surface area contributed by atoms with E-state index in [0.717, 1.165) is 10.0 Å². The summed E-state index contributed by atoms with van der Waals surface area (Å²) >= 11 is 3.39. The molecule has 9 heteroatoms. The summed E-state index contributed by atoms with van der Waals surface area (Å²) in [4.78, 5) is 14.1. The van der Waals surface area contributed by atoms with Gasteiger partial charge in [0.1, 0.15) is 28.4 Å². The largest absolute Gasteiger partial charge is 0.506 e. The topological polar surface area (TPSA) is 99.4 Å². The van der Waals surface area contributed by atoms with Crippen molar-refractivity contribution in [2.75, 3.05) is 14.2 Å². The molecule has 0 spiro atoms.